The number of hydrogen-bond donors (Lipinski definition) is 9. The molecule has 0 unspecified atom stereocenters. The van der Waals surface area contributed by atoms with Crippen molar-refractivity contribution in [3.63, 3.8) is 0 Å². The number of guanidine groups is 2. The van der Waals surface area contributed by atoms with E-state index in [2.05, 4.69) is 25.9 Å². The number of carboxylic acids is 1. The number of nitrogens with two attached hydrogens (primary N) is 5. The van der Waals surface area contributed by atoms with E-state index in [-0.39, 0.29) is 31.3 Å². The Labute approximate surface area is 214 Å². The number of amides is 3. The van der Waals surface area contributed by atoms with Gasteiger partial charge in [0.2, 0.25) is 17.7 Å². The fourth-order valence-electron chi connectivity index (χ4n) is 2.87. The maximum absolute atomic E-state index is 12.8. The number of thioether (sulfide) groups is 1. The van der Waals surface area contributed by atoms with Crippen LogP contribution in [0.5, 0.6) is 0 Å². The minimum atomic E-state index is -1.22. The first-order chi connectivity index (χ1) is 16.9. The molecule has 3 amide bonds. The molecule has 15 nitrogen and oxygen atoms in total. The van der Waals surface area contributed by atoms with E-state index in [1.165, 1.54) is 18.7 Å². The average molecular weight is 533 g/mol. The lowest BCUT2D eigenvalue weighted by molar-refractivity contribution is -0.142. The molecule has 0 saturated heterocycles. The van der Waals surface area contributed by atoms with E-state index in [0.717, 1.165) is 0 Å². The van der Waals surface area contributed by atoms with Crippen LogP contribution in [0.1, 0.15) is 39.0 Å². The third kappa shape index (κ3) is 14.9. The minimum absolute atomic E-state index is 0.0565. The van der Waals surface area contributed by atoms with Crippen molar-refractivity contribution in [2.45, 2.75) is 63.2 Å². The molecule has 0 aromatic carbocycles. The molecule has 206 valence electrons. The van der Waals surface area contributed by atoms with Crippen molar-refractivity contribution in [2.24, 2.45) is 38.7 Å². The molecule has 0 saturated carbocycles. The summed E-state index contributed by atoms with van der Waals surface area (Å²) >= 11 is 1.46. The van der Waals surface area contributed by atoms with E-state index in [1.807, 2.05) is 6.26 Å². The van der Waals surface area contributed by atoms with Gasteiger partial charge in [-0.2, -0.15) is 11.8 Å². The smallest absolute Gasteiger partial charge is 0.326 e. The van der Waals surface area contributed by atoms with Crippen molar-refractivity contribution in [3.05, 3.63) is 0 Å². The molecule has 0 rings (SSSR count). The van der Waals surface area contributed by atoms with Gasteiger partial charge >= 0.3 is 5.97 Å². The predicted molar refractivity (Wildman–Crippen MR) is 140 cm³/mol. The standard InChI is InChI=1S/C20H40N10O5S/c1-11(28-16(32)12(21)5-3-8-26-19(22)23)15(31)29-13(7-10-36-2)17(33)30-14(18(34)35)6-4-9-27-20(24)25/h11-14H,3-10,21H2,1-2H3,(H,28,32)(H,29,31)(H,30,33)(H,34,35)(H4,22,23,26)(H4,24,25,27)/t11-,12-,13-,14-/m0/s1. The third-order valence-electron chi connectivity index (χ3n) is 4.86. The summed E-state index contributed by atoms with van der Waals surface area (Å²) in [4.78, 5) is 56.9. The number of nitrogens with one attached hydrogen (secondary N) is 3. The van der Waals surface area contributed by atoms with Crippen molar-refractivity contribution in [2.75, 3.05) is 25.1 Å². The number of nitrogens with zero attached hydrogens (tertiary/aromatic N) is 2. The summed E-state index contributed by atoms with van der Waals surface area (Å²) in [6.07, 6.45) is 3.28. The summed E-state index contributed by atoms with van der Waals surface area (Å²) in [6.45, 7) is 1.98. The topological polar surface area (TPSA) is 279 Å². The second-order valence-corrected chi connectivity index (χ2v) is 8.96. The van der Waals surface area contributed by atoms with E-state index < -0.39 is 47.9 Å². The van der Waals surface area contributed by atoms with Crippen molar-refractivity contribution < 1.29 is 24.3 Å². The lowest BCUT2D eigenvalue weighted by atomic mass is 10.1. The van der Waals surface area contributed by atoms with Crippen LogP contribution in [0.3, 0.4) is 0 Å². The SMILES string of the molecule is CSCC[C@H](NC(=O)[C@H](C)NC(=O)[C@@H](N)CCCN=C(N)N)C(=O)N[C@@H](CCCN=C(N)N)C(=O)O. The van der Waals surface area contributed by atoms with Gasteiger partial charge in [-0.15, -0.1) is 0 Å². The molecule has 36 heavy (non-hydrogen) atoms. The van der Waals surface area contributed by atoms with Crippen LogP contribution >= 0.6 is 11.8 Å². The second kappa shape index (κ2) is 18.1. The first-order valence-electron chi connectivity index (χ1n) is 11.4. The van der Waals surface area contributed by atoms with E-state index in [4.69, 9.17) is 28.7 Å². The van der Waals surface area contributed by atoms with Gasteiger partial charge in [0.15, 0.2) is 11.9 Å². The van der Waals surface area contributed by atoms with Gasteiger partial charge in [-0.3, -0.25) is 24.4 Å². The molecule has 0 aliphatic carbocycles. The number of aliphatic carboxylic acids is 1. The lowest BCUT2D eigenvalue weighted by Gasteiger charge is -2.23. The van der Waals surface area contributed by atoms with E-state index in [9.17, 15) is 24.3 Å². The van der Waals surface area contributed by atoms with Gasteiger partial charge in [-0.25, -0.2) is 4.79 Å². The first kappa shape index (κ1) is 32.7. The van der Waals surface area contributed by atoms with Gasteiger partial charge in [0.05, 0.1) is 6.04 Å². The molecule has 0 aliphatic rings. The summed E-state index contributed by atoms with van der Waals surface area (Å²) in [7, 11) is 0. The Morgan fingerprint density at radius 3 is 1.83 bits per heavy atom. The zero-order chi connectivity index (χ0) is 27.7. The van der Waals surface area contributed by atoms with Crippen molar-refractivity contribution in [1.29, 1.82) is 0 Å². The highest BCUT2D eigenvalue weighted by molar-refractivity contribution is 7.98. The fraction of sp³-hybridized carbons (Fsp3) is 0.700. The molecule has 0 aromatic rings. The predicted octanol–water partition coefficient (Wildman–Crippen LogP) is -3.27. The van der Waals surface area contributed by atoms with Gasteiger partial charge in [-0.1, -0.05) is 0 Å². The first-order valence-corrected chi connectivity index (χ1v) is 12.8. The molecule has 0 spiro atoms. The summed E-state index contributed by atoms with van der Waals surface area (Å²) in [5, 5.41) is 17.0. The van der Waals surface area contributed by atoms with Crippen molar-refractivity contribution >= 4 is 47.4 Å². The molecule has 0 radical (unpaired) electrons. The Kier molecular flexibility index (Phi) is 16.4. The maximum Gasteiger partial charge on any atom is 0.326 e. The summed E-state index contributed by atoms with van der Waals surface area (Å²) < 4.78 is 0. The van der Waals surface area contributed by atoms with Crippen LogP contribution in [0.25, 0.3) is 0 Å². The van der Waals surface area contributed by atoms with Crippen molar-refractivity contribution in [1.82, 2.24) is 16.0 Å². The minimum Gasteiger partial charge on any atom is -0.480 e. The normalized spacial score (nSPS) is 13.9. The number of aliphatic imine (C=N–C) groups is 2. The maximum atomic E-state index is 12.8. The Balaban J connectivity index is 4.97. The third-order valence-corrected chi connectivity index (χ3v) is 5.50. The summed E-state index contributed by atoms with van der Waals surface area (Å²) in [5.41, 5.74) is 26.8. The molecule has 4 atom stereocenters. The van der Waals surface area contributed by atoms with E-state index in [1.54, 1.807) is 0 Å². The zero-order valence-corrected chi connectivity index (χ0v) is 21.6. The molecule has 0 aromatic heterocycles. The van der Waals surface area contributed by atoms with Gasteiger partial charge in [0.25, 0.3) is 0 Å². The Hall–Kier alpha value is -3.27. The number of carbonyl (C=O) groups excluding carboxylic acids is 3. The van der Waals surface area contributed by atoms with Crippen molar-refractivity contribution in [3.8, 4) is 0 Å². The molecule has 0 fully saturated rings. The number of carboxylic acid groups (broad SMARTS) is 1. The summed E-state index contributed by atoms with van der Waals surface area (Å²) in [5.74, 6) is -2.67. The van der Waals surface area contributed by atoms with Gasteiger partial charge in [0.1, 0.15) is 18.1 Å². The molecule has 14 N–H and O–H groups in total. The van der Waals surface area contributed by atoms with Crippen LogP contribution < -0.4 is 44.6 Å². The van der Waals surface area contributed by atoms with Crippen LogP contribution in [0.4, 0.5) is 0 Å². The van der Waals surface area contributed by atoms with Crippen LogP contribution in [0.15, 0.2) is 9.98 Å². The monoisotopic (exact) mass is 532 g/mol. The van der Waals surface area contributed by atoms with Crippen LogP contribution in [0, 0.1) is 0 Å². The Morgan fingerprint density at radius 1 is 0.806 bits per heavy atom. The van der Waals surface area contributed by atoms with E-state index >= 15 is 0 Å². The second-order valence-electron chi connectivity index (χ2n) is 7.98. The van der Waals surface area contributed by atoms with Crippen LogP contribution in [-0.4, -0.2) is 90.0 Å². The molecular weight excluding hydrogens is 492 g/mol. The molecule has 0 heterocycles. The van der Waals surface area contributed by atoms with Crippen LogP contribution in [0.2, 0.25) is 0 Å². The highest BCUT2D eigenvalue weighted by Gasteiger charge is 2.28. The summed E-state index contributed by atoms with van der Waals surface area (Å²) in [6, 6.07) is -4.05. The fourth-order valence-corrected chi connectivity index (χ4v) is 3.34. The highest BCUT2D eigenvalue weighted by Crippen LogP contribution is 2.05. The highest BCUT2D eigenvalue weighted by atomic mass is 32.2. The van der Waals surface area contributed by atoms with Gasteiger partial charge in [-0.05, 0) is 51.0 Å². The molecule has 16 heteroatoms. The van der Waals surface area contributed by atoms with Crippen LogP contribution in [-0.2, 0) is 19.2 Å². The number of rotatable bonds is 18. The number of carbonyl (C=O) groups is 4. The zero-order valence-electron chi connectivity index (χ0n) is 20.7. The van der Waals surface area contributed by atoms with Gasteiger partial charge in [0, 0.05) is 13.1 Å². The molecule has 0 aliphatic heterocycles. The Bertz CT molecular complexity index is 787. The quantitative estimate of drug-likeness (QED) is 0.0479. The molecule has 0 bridgehead atoms. The van der Waals surface area contributed by atoms with Gasteiger partial charge < -0.3 is 49.7 Å². The van der Waals surface area contributed by atoms with E-state index in [0.29, 0.717) is 31.6 Å². The lowest BCUT2D eigenvalue weighted by Crippen LogP contribution is -2.56. The largest absolute Gasteiger partial charge is 0.480 e. The number of hydrogen-bond acceptors (Lipinski definition) is 8. The Morgan fingerprint density at radius 2 is 1.33 bits per heavy atom. The average Bonchev–Trinajstić information content (AvgIpc) is 2.80. The molecular formula is C20H40N10O5S.